The number of amides is 1. The molecule has 4 rings (SSSR count). The molecule has 27 heavy (non-hydrogen) atoms. The molecule has 3 heterocycles. The van der Waals surface area contributed by atoms with E-state index in [1.807, 2.05) is 67.6 Å². The summed E-state index contributed by atoms with van der Waals surface area (Å²) in [6.45, 7) is 2.31. The van der Waals surface area contributed by atoms with Crippen LogP contribution in [0.3, 0.4) is 0 Å². The Kier molecular flexibility index (Phi) is 4.58. The van der Waals surface area contributed by atoms with E-state index in [1.54, 1.807) is 12.4 Å². The van der Waals surface area contributed by atoms with Crippen molar-refractivity contribution in [1.82, 2.24) is 20.3 Å². The van der Waals surface area contributed by atoms with E-state index in [0.717, 1.165) is 33.5 Å². The topological polar surface area (TPSA) is 67.8 Å². The first kappa shape index (κ1) is 16.8. The summed E-state index contributed by atoms with van der Waals surface area (Å²) in [4.78, 5) is 26.1. The molecule has 1 aromatic carbocycles. The maximum Gasteiger partial charge on any atom is 0.252 e. The van der Waals surface area contributed by atoms with Crippen LogP contribution in [0.4, 0.5) is 0 Å². The second kappa shape index (κ2) is 7.33. The van der Waals surface area contributed by atoms with E-state index in [2.05, 4.69) is 15.3 Å². The Labute approximate surface area is 157 Å². The number of para-hydroxylation sites is 1. The lowest BCUT2D eigenvalue weighted by molar-refractivity contribution is 0.0952. The zero-order chi connectivity index (χ0) is 18.6. The van der Waals surface area contributed by atoms with E-state index in [0.29, 0.717) is 12.1 Å². The van der Waals surface area contributed by atoms with Gasteiger partial charge >= 0.3 is 0 Å². The second-order valence-electron chi connectivity index (χ2n) is 6.26. The Bertz CT molecular complexity index is 1110. The molecular weight excluding hydrogens is 336 g/mol. The van der Waals surface area contributed by atoms with E-state index in [9.17, 15) is 4.79 Å². The Hall–Kier alpha value is -3.60. The van der Waals surface area contributed by atoms with Gasteiger partial charge in [0.2, 0.25) is 0 Å². The van der Waals surface area contributed by atoms with Crippen molar-refractivity contribution in [2.75, 3.05) is 0 Å². The fourth-order valence-corrected chi connectivity index (χ4v) is 3.00. The first-order chi connectivity index (χ1) is 13.2. The predicted octanol–water partition coefficient (Wildman–Crippen LogP) is 3.93. The van der Waals surface area contributed by atoms with Gasteiger partial charge in [0.1, 0.15) is 0 Å². The molecule has 0 aliphatic carbocycles. The van der Waals surface area contributed by atoms with Crippen molar-refractivity contribution < 1.29 is 4.79 Å². The SMILES string of the molecule is Cc1cccc(CNC(=O)c2cc(-c3ccncc3)nc3ccccc23)n1. The number of benzene rings is 1. The van der Waals surface area contributed by atoms with Crippen molar-refractivity contribution in [3.05, 3.63) is 90.0 Å². The minimum absolute atomic E-state index is 0.146. The number of nitrogens with zero attached hydrogens (tertiary/aromatic N) is 3. The number of aryl methyl sites for hydroxylation is 1. The standard InChI is InChI=1S/C22H18N4O/c1-15-5-4-6-17(25-15)14-24-22(27)19-13-21(16-9-11-23-12-10-16)26-20-8-3-2-7-18(19)20/h2-13H,14H2,1H3,(H,24,27). The van der Waals surface area contributed by atoms with Crippen molar-refractivity contribution in [1.29, 1.82) is 0 Å². The van der Waals surface area contributed by atoms with Crippen molar-refractivity contribution >= 4 is 16.8 Å². The van der Waals surface area contributed by atoms with E-state index < -0.39 is 0 Å². The number of rotatable bonds is 4. The number of aromatic nitrogens is 3. The zero-order valence-electron chi connectivity index (χ0n) is 14.9. The smallest absolute Gasteiger partial charge is 0.252 e. The quantitative estimate of drug-likeness (QED) is 0.603. The summed E-state index contributed by atoms with van der Waals surface area (Å²) in [5, 5.41) is 3.80. The molecule has 0 atom stereocenters. The number of carbonyl (C=O) groups excluding carboxylic acids is 1. The monoisotopic (exact) mass is 354 g/mol. The molecular formula is C22H18N4O. The molecule has 3 aromatic heterocycles. The Morgan fingerprint density at radius 1 is 0.963 bits per heavy atom. The molecule has 0 spiro atoms. The Morgan fingerprint density at radius 2 is 1.78 bits per heavy atom. The lowest BCUT2D eigenvalue weighted by Gasteiger charge is -2.10. The third kappa shape index (κ3) is 3.67. The lowest BCUT2D eigenvalue weighted by atomic mass is 10.0. The van der Waals surface area contributed by atoms with Crippen molar-refractivity contribution in [3.63, 3.8) is 0 Å². The van der Waals surface area contributed by atoms with Gasteiger partial charge in [-0.3, -0.25) is 14.8 Å². The third-order valence-corrected chi connectivity index (χ3v) is 4.31. The second-order valence-corrected chi connectivity index (χ2v) is 6.26. The highest BCUT2D eigenvalue weighted by atomic mass is 16.1. The van der Waals surface area contributed by atoms with E-state index in [4.69, 9.17) is 4.98 Å². The number of nitrogens with one attached hydrogen (secondary N) is 1. The van der Waals surface area contributed by atoms with Gasteiger partial charge in [0.05, 0.1) is 29.0 Å². The maximum atomic E-state index is 12.9. The molecule has 0 saturated carbocycles. The van der Waals surface area contributed by atoms with Gasteiger partial charge in [0.25, 0.3) is 5.91 Å². The zero-order valence-corrected chi connectivity index (χ0v) is 14.9. The van der Waals surface area contributed by atoms with Gasteiger partial charge in [-0.25, -0.2) is 4.98 Å². The van der Waals surface area contributed by atoms with E-state index in [1.165, 1.54) is 0 Å². The number of hydrogen-bond donors (Lipinski definition) is 1. The van der Waals surface area contributed by atoms with Gasteiger partial charge in [-0.05, 0) is 43.3 Å². The summed E-state index contributed by atoms with van der Waals surface area (Å²) in [5.74, 6) is -0.146. The number of fused-ring (bicyclic) bond motifs is 1. The molecule has 132 valence electrons. The fourth-order valence-electron chi connectivity index (χ4n) is 3.00. The van der Waals surface area contributed by atoms with Crippen LogP contribution in [0.2, 0.25) is 0 Å². The summed E-state index contributed by atoms with van der Waals surface area (Å²) >= 11 is 0. The minimum atomic E-state index is -0.146. The van der Waals surface area contributed by atoms with Crippen LogP contribution in [0, 0.1) is 6.92 Å². The fraction of sp³-hybridized carbons (Fsp3) is 0.0909. The Balaban J connectivity index is 1.70. The average Bonchev–Trinajstić information content (AvgIpc) is 2.72. The molecule has 0 unspecified atom stereocenters. The first-order valence-electron chi connectivity index (χ1n) is 8.71. The molecule has 0 radical (unpaired) electrons. The van der Waals surface area contributed by atoms with Crippen LogP contribution >= 0.6 is 0 Å². The van der Waals surface area contributed by atoms with Crippen LogP contribution in [-0.4, -0.2) is 20.9 Å². The van der Waals surface area contributed by atoms with Crippen LogP contribution in [0.25, 0.3) is 22.2 Å². The molecule has 1 amide bonds. The number of pyridine rings is 3. The molecule has 5 nitrogen and oxygen atoms in total. The largest absolute Gasteiger partial charge is 0.346 e. The van der Waals surface area contributed by atoms with E-state index >= 15 is 0 Å². The summed E-state index contributed by atoms with van der Waals surface area (Å²) < 4.78 is 0. The minimum Gasteiger partial charge on any atom is -0.346 e. The molecule has 0 aliphatic heterocycles. The highest BCUT2D eigenvalue weighted by Crippen LogP contribution is 2.24. The van der Waals surface area contributed by atoms with Crippen LogP contribution in [0.15, 0.2) is 73.1 Å². The van der Waals surface area contributed by atoms with Gasteiger partial charge in [-0.2, -0.15) is 0 Å². The maximum absolute atomic E-state index is 12.9. The summed E-state index contributed by atoms with van der Waals surface area (Å²) in [7, 11) is 0. The Morgan fingerprint density at radius 3 is 2.59 bits per heavy atom. The number of hydrogen-bond acceptors (Lipinski definition) is 4. The molecule has 0 bridgehead atoms. The summed E-state index contributed by atoms with van der Waals surface area (Å²) in [5.41, 5.74) is 4.80. The molecule has 0 saturated heterocycles. The molecule has 4 aromatic rings. The molecule has 0 fully saturated rings. The number of carbonyl (C=O) groups is 1. The van der Waals surface area contributed by atoms with Crippen molar-refractivity contribution in [2.24, 2.45) is 0 Å². The van der Waals surface area contributed by atoms with Gasteiger partial charge in [0.15, 0.2) is 0 Å². The summed E-state index contributed by atoms with van der Waals surface area (Å²) in [6, 6.07) is 19.0. The van der Waals surface area contributed by atoms with Crippen molar-refractivity contribution in [2.45, 2.75) is 13.5 Å². The first-order valence-corrected chi connectivity index (χ1v) is 8.71. The van der Waals surface area contributed by atoms with Crippen LogP contribution in [0.5, 0.6) is 0 Å². The van der Waals surface area contributed by atoms with E-state index in [-0.39, 0.29) is 5.91 Å². The highest BCUT2D eigenvalue weighted by Gasteiger charge is 2.14. The van der Waals surface area contributed by atoms with Gasteiger partial charge < -0.3 is 5.32 Å². The van der Waals surface area contributed by atoms with Crippen LogP contribution in [-0.2, 0) is 6.54 Å². The van der Waals surface area contributed by atoms with Crippen LogP contribution < -0.4 is 5.32 Å². The highest BCUT2D eigenvalue weighted by molar-refractivity contribution is 6.07. The van der Waals surface area contributed by atoms with Crippen molar-refractivity contribution in [3.8, 4) is 11.3 Å². The summed E-state index contributed by atoms with van der Waals surface area (Å²) in [6.07, 6.45) is 3.44. The molecule has 0 aliphatic rings. The average molecular weight is 354 g/mol. The molecule has 1 N–H and O–H groups in total. The van der Waals surface area contributed by atoms with Gasteiger partial charge in [-0.1, -0.05) is 24.3 Å². The van der Waals surface area contributed by atoms with Crippen LogP contribution in [0.1, 0.15) is 21.7 Å². The normalized spacial score (nSPS) is 10.7. The predicted molar refractivity (Wildman–Crippen MR) is 105 cm³/mol. The molecule has 5 heteroatoms. The lowest BCUT2D eigenvalue weighted by Crippen LogP contribution is -2.24. The van der Waals surface area contributed by atoms with Gasteiger partial charge in [0, 0.05) is 29.0 Å². The van der Waals surface area contributed by atoms with Gasteiger partial charge in [-0.15, -0.1) is 0 Å². The third-order valence-electron chi connectivity index (χ3n) is 4.31.